The van der Waals surface area contributed by atoms with Gasteiger partial charge in [-0.3, -0.25) is 4.79 Å². The Kier molecular flexibility index (Phi) is 6.31. The van der Waals surface area contributed by atoms with Crippen LogP contribution in [0.15, 0.2) is 42.5 Å². The second kappa shape index (κ2) is 8.89. The maximum absolute atomic E-state index is 13.0. The van der Waals surface area contributed by atoms with Crippen LogP contribution in [0, 0.1) is 5.92 Å². The third kappa shape index (κ3) is 4.53. The van der Waals surface area contributed by atoms with Crippen molar-refractivity contribution in [1.82, 2.24) is 10.2 Å². The van der Waals surface area contributed by atoms with Gasteiger partial charge in [0.15, 0.2) is 11.5 Å². The van der Waals surface area contributed by atoms with Crippen LogP contribution in [0.3, 0.4) is 0 Å². The second-order valence-electron chi connectivity index (χ2n) is 9.14. The molecule has 5 nitrogen and oxygen atoms in total. The molecule has 178 valence electrons. The highest BCUT2D eigenvalue weighted by atomic mass is 19.4. The van der Waals surface area contributed by atoms with Crippen LogP contribution in [0.5, 0.6) is 11.5 Å². The van der Waals surface area contributed by atoms with E-state index in [0.717, 1.165) is 44.5 Å². The molecule has 1 aliphatic heterocycles. The van der Waals surface area contributed by atoms with Crippen LogP contribution in [-0.2, 0) is 11.6 Å². The monoisotopic (exact) mass is 462 g/mol. The number of amides is 1. The molecule has 0 aromatic heterocycles. The van der Waals surface area contributed by atoms with Crippen molar-refractivity contribution >= 4 is 5.91 Å². The number of alkyl halides is 3. The van der Waals surface area contributed by atoms with Gasteiger partial charge < -0.3 is 19.7 Å². The van der Waals surface area contributed by atoms with Gasteiger partial charge in [-0.1, -0.05) is 12.1 Å². The van der Waals surface area contributed by atoms with Crippen molar-refractivity contribution in [2.24, 2.45) is 5.92 Å². The number of likely N-dealkylation sites (tertiary alicyclic amines) is 1. The molecular formula is C25H29F3N2O3. The van der Waals surface area contributed by atoms with Crippen LogP contribution in [0.1, 0.15) is 40.7 Å². The summed E-state index contributed by atoms with van der Waals surface area (Å²) in [4.78, 5) is 15.0. The molecular weight excluding hydrogens is 433 g/mol. The van der Waals surface area contributed by atoms with E-state index < -0.39 is 17.6 Å². The number of hydrogen-bond donors (Lipinski definition) is 1. The molecule has 4 rings (SSSR count). The third-order valence-corrected chi connectivity index (χ3v) is 7.12. The summed E-state index contributed by atoms with van der Waals surface area (Å²) in [5.41, 5.74) is 0.345. The van der Waals surface area contributed by atoms with Gasteiger partial charge in [-0.15, -0.1) is 0 Å². The van der Waals surface area contributed by atoms with Crippen molar-refractivity contribution < 1.29 is 27.4 Å². The molecule has 2 aromatic rings. The third-order valence-electron chi connectivity index (χ3n) is 7.12. The Morgan fingerprint density at radius 2 is 1.88 bits per heavy atom. The Morgan fingerprint density at radius 1 is 1.12 bits per heavy atom. The number of methoxy groups -OCH3 is 2. The summed E-state index contributed by atoms with van der Waals surface area (Å²) in [6.45, 7) is 1.80. The van der Waals surface area contributed by atoms with Crippen LogP contribution in [-0.4, -0.2) is 51.2 Å². The predicted octanol–water partition coefficient (Wildman–Crippen LogP) is 4.50. The first-order chi connectivity index (χ1) is 15.7. The van der Waals surface area contributed by atoms with Crippen molar-refractivity contribution in [3.05, 3.63) is 59.2 Å². The number of hydrogen-bond acceptors (Lipinski definition) is 4. The van der Waals surface area contributed by atoms with Crippen LogP contribution >= 0.6 is 0 Å². The Hall–Kier alpha value is -2.74. The van der Waals surface area contributed by atoms with Gasteiger partial charge >= 0.3 is 6.18 Å². The number of carbonyl (C=O) groups is 1. The largest absolute Gasteiger partial charge is 0.493 e. The average Bonchev–Trinajstić information content (AvgIpc) is 3.14. The predicted molar refractivity (Wildman–Crippen MR) is 119 cm³/mol. The number of carbonyl (C=O) groups excluding carboxylic acids is 1. The standard InChI is InChI=1S/C25H29F3N2O3/c1-30-14-19-12-20(29-23(31)16-5-4-6-18(11-16)25(26,27)28)9-10-24(19,15-30)17-7-8-21(32-2)22(13-17)33-3/h4-8,11,13,19-20H,9-10,12,14-15H2,1-3H3,(H,29,31)/t19?,20-,24+/m1/s1. The van der Waals surface area contributed by atoms with Crippen LogP contribution in [0.4, 0.5) is 13.2 Å². The lowest BCUT2D eigenvalue weighted by Crippen LogP contribution is -2.47. The summed E-state index contributed by atoms with van der Waals surface area (Å²) in [7, 11) is 5.33. The molecule has 1 aliphatic carbocycles. The highest BCUT2D eigenvalue weighted by molar-refractivity contribution is 5.94. The van der Waals surface area contributed by atoms with E-state index in [1.165, 1.54) is 17.7 Å². The molecule has 1 unspecified atom stereocenters. The number of nitrogens with one attached hydrogen (secondary N) is 1. The molecule has 1 N–H and O–H groups in total. The SMILES string of the molecule is COc1ccc([C@@]23CC[C@@H](NC(=O)c4cccc(C(F)(F)F)c4)CC2CN(C)C3)cc1OC. The van der Waals surface area contributed by atoms with Gasteiger partial charge in [0.25, 0.3) is 5.91 Å². The number of ether oxygens (including phenoxy) is 2. The first-order valence-electron chi connectivity index (χ1n) is 11.1. The summed E-state index contributed by atoms with van der Waals surface area (Å²) in [6.07, 6.45) is -2.09. The molecule has 2 aliphatic rings. The number of likely N-dealkylation sites (N-methyl/N-ethyl adjacent to an activating group) is 1. The minimum absolute atomic E-state index is 0.0325. The Bertz CT molecular complexity index is 1030. The van der Waals surface area contributed by atoms with Gasteiger partial charge in [0.2, 0.25) is 0 Å². The zero-order valence-electron chi connectivity index (χ0n) is 19.0. The molecule has 3 atom stereocenters. The number of fused-ring (bicyclic) bond motifs is 1. The number of nitrogens with zero attached hydrogens (tertiary/aromatic N) is 1. The maximum atomic E-state index is 13.0. The lowest BCUT2D eigenvalue weighted by atomic mass is 9.63. The molecule has 1 heterocycles. The van der Waals surface area contributed by atoms with Gasteiger partial charge in [0.05, 0.1) is 19.8 Å². The first-order valence-corrected chi connectivity index (χ1v) is 11.1. The van der Waals surface area contributed by atoms with E-state index in [4.69, 9.17) is 9.47 Å². The van der Waals surface area contributed by atoms with Crippen molar-refractivity contribution in [3.63, 3.8) is 0 Å². The van der Waals surface area contributed by atoms with Crippen molar-refractivity contribution in [2.45, 2.75) is 36.9 Å². The fraction of sp³-hybridized carbons (Fsp3) is 0.480. The normalized spacial score (nSPS) is 25.4. The summed E-state index contributed by atoms with van der Waals surface area (Å²) in [5.74, 6) is 1.22. The molecule has 1 amide bonds. The van der Waals surface area contributed by atoms with E-state index in [-0.39, 0.29) is 17.0 Å². The fourth-order valence-corrected chi connectivity index (χ4v) is 5.56. The zero-order chi connectivity index (χ0) is 23.8. The van der Waals surface area contributed by atoms with Crippen LogP contribution < -0.4 is 14.8 Å². The van der Waals surface area contributed by atoms with Gasteiger partial charge in [-0.25, -0.2) is 0 Å². The maximum Gasteiger partial charge on any atom is 0.416 e. The van der Waals surface area contributed by atoms with E-state index >= 15 is 0 Å². The first kappa shape index (κ1) is 23.4. The average molecular weight is 463 g/mol. The van der Waals surface area contributed by atoms with E-state index in [9.17, 15) is 18.0 Å². The minimum atomic E-state index is -4.48. The highest BCUT2D eigenvalue weighted by Gasteiger charge is 2.50. The quantitative estimate of drug-likeness (QED) is 0.711. The van der Waals surface area contributed by atoms with Crippen molar-refractivity contribution in [3.8, 4) is 11.5 Å². The molecule has 0 bridgehead atoms. The summed E-state index contributed by atoms with van der Waals surface area (Å²) in [5, 5.41) is 2.98. The Morgan fingerprint density at radius 3 is 2.58 bits per heavy atom. The molecule has 33 heavy (non-hydrogen) atoms. The van der Waals surface area contributed by atoms with Gasteiger partial charge in [0.1, 0.15) is 0 Å². The van der Waals surface area contributed by atoms with Crippen LogP contribution in [0.25, 0.3) is 0 Å². The van der Waals surface area contributed by atoms with E-state index in [0.29, 0.717) is 17.4 Å². The Labute approximate surface area is 191 Å². The van der Waals surface area contributed by atoms with Gasteiger partial charge in [-0.05, 0) is 68.1 Å². The van der Waals surface area contributed by atoms with Gasteiger partial charge in [0, 0.05) is 30.1 Å². The molecule has 2 aromatic carbocycles. The molecule has 0 radical (unpaired) electrons. The van der Waals surface area contributed by atoms with Gasteiger partial charge in [-0.2, -0.15) is 13.2 Å². The lowest BCUT2D eigenvalue weighted by molar-refractivity contribution is -0.137. The molecule has 2 fully saturated rings. The zero-order valence-corrected chi connectivity index (χ0v) is 19.0. The van der Waals surface area contributed by atoms with Crippen molar-refractivity contribution in [2.75, 3.05) is 34.4 Å². The van der Waals surface area contributed by atoms with Crippen molar-refractivity contribution in [1.29, 1.82) is 0 Å². The smallest absolute Gasteiger partial charge is 0.416 e. The molecule has 8 heteroatoms. The van der Waals surface area contributed by atoms with Crippen LogP contribution in [0.2, 0.25) is 0 Å². The van der Waals surface area contributed by atoms with E-state index in [2.05, 4.69) is 23.3 Å². The summed E-state index contributed by atoms with van der Waals surface area (Å²) >= 11 is 0. The number of rotatable bonds is 5. The van der Waals surface area contributed by atoms with E-state index in [1.807, 2.05) is 12.1 Å². The number of halogens is 3. The molecule has 1 saturated carbocycles. The van der Waals surface area contributed by atoms with E-state index in [1.54, 1.807) is 14.2 Å². The lowest BCUT2D eigenvalue weighted by Gasteiger charge is -2.43. The topological polar surface area (TPSA) is 50.8 Å². The molecule has 1 saturated heterocycles. The minimum Gasteiger partial charge on any atom is -0.493 e. The second-order valence-corrected chi connectivity index (χ2v) is 9.14. The fourth-order valence-electron chi connectivity index (χ4n) is 5.56. The summed E-state index contributed by atoms with van der Waals surface area (Å²) in [6, 6.07) is 10.6. The highest BCUT2D eigenvalue weighted by Crippen LogP contribution is 2.49. The Balaban J connectivity index is 1.52. The molecule has 0 spiro atoms. The summed E-state index contributed by atoms with van der Waals surface area (Å²) < 4.78 is 50.0. The number of benzene rings is 2.